The van der Waals surface area contributed by atoms with Gasteiger partial charge >= 0.3 is 17.8 Å². The van der Waals surface area contributed by atoms with Gasteiger partial charge in [0, 0.05) is 19.1 Å². The second kappa shape index (κ2) is 8.73. The Morgan fingerprint density at radius 3 is 2.21 bits per heavy atom. The summed E-state index contributed by atoms with van der Waals surface area (Å²) in [5, 5.41) is 0. The fourth-order valence-electron chi connectivity index (χ4n) is 2.93. The molecule has 0 radical (unpaired) electrons. The summed E-state index contributed by atoms with van der Waals surface area (Å²) in [6.07, 6.45) is 0. The third-order valence-corrected chi connectivity index (χ3v) is 4.45. The average Bonchev–Trinajstić information content (AvgIpc) is 2.88. The van der Waals surface area contributed by atoms with Gasteiger partial charge in [-0.15, -0.1) is 0 Å². The number of imide groups is 2. The molecule has 0 N–H and O–H groups in total. The number of carbonyl (C=O) groups excluding carboxylic acids is 4. The van der Waals surface area contributed by atoms with Crippen LogP contribution in [0.4, 0.5) is 4.79 Å². The van der Waals surface area contributed by atoms with Crippen molar-refractivity contribution in [2.75, 3.05) is 27.3 Å². The highest BCUT2D eigenvalue weighted by molar-refractivity contribution is 6.45. The first-order valence-electron chi connectivity index (χ1n) is 8.92. The van der Waals surface area contributed by atoms with E-state index in [1.54, 1.807) is 39.0 Å². The molecular weight excluding hydrogens is 366 g/mol. The van der Waals surface area contributed by atoms with Gasteiger partial charge in [-0.2, -0.15) is 0 Å². The van der Waals surface area contributed by atoms with E-state index in [0.717, 1.165) is 10.5 Å². The van der Waals surface area contributed by atoms with Crippen molar-refractivity contribution >= 4 is 23.8 Å². The first-order chi connectivity index (χ1) is 13.2. The molecule has 9 heteroatoms. The van der Waals surface area contributed by atoms with E-state index < -0.39 is 36.3 Å². The van der Waals surface area contributed by atoms with Crippen LogP contribution in [0.25, 0.3) is 0 Å². The lowest BCUT2D eigenvalue weighted by atomic mass is 10.2. The van der Waals surface area contributed by atoms with Gasteiger partial charge in [-0.25, -0.2) is 9.69 Å². The lowest BCUT2D eigenvalue weighted by Gasteiger charge is -2.24. The number of urea groups is 1. The summed E-state index contributed by atoms with van der Waals surface area (Å²) < 4.78 is 10.5. The molecule has 0 bridgehead atoms. The normalized spacial score (nSPS) is 14.1. The highest BCUT2D eigenvalue weighted by Gasteiger charge is 2.46. The van der Waals surface area contributed by atoms with E-state index in [1.165, 1.54) is 19.1 Å². The number of carbonyl (C=O) groups is 4. The van der Waals surface area contributed by atoms with Crippen LogP contribution >= 0.6 is 0 Å². The van der Waals surface area contributed by atoms with E-state index in [0.29, 0.717) is 22.9 Å². The van der Waals surface area contributed by atoms with E-state index in [1.807, 2.05) is 0 Å². The fraction of sp³-hybridized carbons (Fsp3) is 0.474. The summed E-state index contributed by atoms with van der Waals surface area (Å²) in [5.74, 6) is -1.21. The summed E-state index contributed by atoms with van der Waals surface area (Å²) in [5.41, 5.74) is 0.798. The van der Waals surface area contributed by atoms with E-state index >= 15 is 0 Å². The number of methoxy groups -OCH3 is 2. The zero-order chi connectivity index (χ0) is 21.0. The number of rotatable bonds is 8. The third-order valence-electron chi connectivity index (χ3n) is 4.45. The second-order valence-corrected chi connectivity index (χ2v) is 6.54. The van der Waals surface area contributed by atoms with Crippen LogP contribution in [0.1, 0.15) is 26.3 Å². The predicted octanol–water partition coefficient (Wildman–Crippen LogP) is 1.25. The van der Waals surface area contributed by atoms with Crippen molar-refractivity contribution in [1.82, 2.24) is 14.7 Å². The zero-order valence-corrected chi connectivity index (χ0v) is 16.7. The third kappa shape index (κ3) is 4.08. The molecule has 9 nitrogen and oxygen atoms in total. The summed E-state index contributed by atoms with van der Waals surface area (Å²) in [7, 11) is 3.05. The van der Waals surface area contributed by atoms with Gasteiger partial charge in [0.05, 0.1) is 14.2 Å². The first kappa shape index (κ1) is 21.2. The van der Waals surface area contributed by atoms with Crippen molar-refractivity contribution in [3.8, 4) is 11.5 Å². The Labute approximate surface area is 163 Å². The van der Waals surface area contributed by atoms with Gasteiger partial charge in [-0.3, -0.25) is 19.3 Å². The number of ether oxygens (including phenoxy) is 2. The standard InChI is InChI=1S/C19H25N3O6/c1-6-20(10-13-7-8-14(27-4)15(9-13)28-5)16(23)11-21-17(24)18(25)22(12(2)3)19(21)26/h7-9,12H,6,10-11H2,1-5H3. The molecule has 0 unspecified atom stereocenters. The maximum absolute atomic E-state index is 12.7. The van der Waals surface area contributed by atoms with E-state index in [4.69, 9.17) is 9.47 Å². The van der Waals surface area contributed by atoms with Crippen LogP contribution in [0.5, 0.6) is 11.5 Å². The van der Waals surface area contributed by atoms with Crippen molar-refractivity contribution in [1.29, 1.82) is 0 Å². The predicted molar refractivity (Wildman–Crippen MR) is 99.7 cm³/mol. The summed E-state index contributed by atoms with van der Waals surface area (Å²) in [6, 6.07) is 4.07. The lowest BCUT2D eigenvalue weighted by molar-refractivity contribution is -0.145. The zero-order valence-electron chi connectivity index (χ0n) is 16.7. The summed E-state index contributed by atoms with van der Waals surface area (Å²) in [6.45, 7) is 5.19. The highest BCUT2D eigenvalue weighted by Crippen LogP contribution is 2.28. The number of benzene rings is 1. The van der Waals surface area contributed by atoms with Crippen molar-refractivity contribution in [3.05, 3.63) is 23.8 Å². The summed E-state index contributed by atoms with van der Waals surface area (Å²) >= 11 is 0. The maximum atomic E-state index is 12.7. The van der Waals surface area contributed by atoms with Gasteiger partial charge in [0.15, 0.2) is 11.5 Å². The molecule has 1 heterocycles. The van der Waals surface area contributed by atoms with Gasteiger partial charge < -0.3 is 14.4 Å². The van der Waals surface area contributed by atoms with Crippen molar-refractivity contribution in [2.45, 2.75) is 33.4 Å². The second-order valence-electron chi connectivity index (χ2n) is 6.54. The molecule has 1 saturated heterocycles. The molecule has 28 heavy (non-hydrogen) atoms. The minimum absolute atomic E-state index is 0.258. The van der Waals surface area contributed by atoms with Gasteiger partial charge in [-0.1, -0.05) is 6.07 Å². The van der Waals surface area contributed by atoms with Crippen LogP contribution in [0, 0.1) is 0 Å². The van der Waals surface area contributed by atoms with Gasteiger partial charge in [-0.05, 0) is 38.5 Å². The van der Waals surface area contributed by atoms with Crippen molar-refractivity contribution < 1.29 is 28.7 Å². The number of hydrogen-bond acceptors (Lipinski definition) is 6. The van der Waals surface area contributed by atoms with Crippen LogP contribution in [-0.4, -0.2) is 71.8 Å². The topological polar surface area (TPSA) is 96.5 Å². The van der Waals surface area contributed by atoms with Gasteiger partial charge in [0.2, 0.25) is 5.91 Å². The Balaban J connectivity index is 2.13. The molecule has 2 rings (SSSR count). The molecular formula is C19H25N3O6. The van der Waals surface area contributed by atoms with Crippen molar-refractivity contribution in [2.24, 2.45) is 0 Å². The maximum Gasteiger partial charge on any atom is 0.334 e. The van der Waals surface area contributed by atoms with Crippen LogP contribution in [0.3, 0.4) is 0 Å². The van der Waals surface area contributed by atoms with E-state index in [-0.39, 0.29) is 6.54 Å². The first-order valence-corrected chi connectivity index (χ1v) is 8.92. The van der Waals surface area contributed by atoms with Crippen LogP contribution < -0.4 is 9.47 Å². The Morgan fingerprint density at radius 2 is 1.71 bits per heavy atom. The molecule has 1 aromatic rings. The molecule has 1 aliphatic heterocycles. The van der Waals surface area contributed by atoms with Crippen LogP contribution in [-0.2, 0) is 20.9 Å². The molecule has 0 spiro atoms. The summed E-state index contributed by atoms with van der Waals surface area (Å²) in [4.78, 5) is 52.1. The van der Waals surface area contributed by atoms with E-state index in [2.05, 4.69) is 0 Å². The Morgan fingerprint density at radius 1 is 1.07 bits per heavy atom. The molecule has 0 saturated carbocycles. The molecule has 0 atom stereocenters. The minimum atomic E-state index is -0.978. The van der Waals surface area contributed by atoms with Gasteiger partial charge in [0.1, 0.15) is 6.54 Å². The number of hydrogen-bond donors (Lipinski definition) is 0. The average molecular weight is 391 g/mol. The quantitative estimate of drug-likeness (QED) is 0.489. The Kier molecular flexibility index (Phi) is 6.61. The Hall–Kier alpha value is -3.10. The monoisotopic (exact) mass is 391 g/mol. The largest absolute Gasteiger partial charge is 0.493 e. The van der Waals surface area contributed by atoms with Crippen LogP contribution in [0.15, 0.2) is 18.2 Å². The van der Waals surface area contributed by atoms with Gasteiger partial charge in [0.25, 0.3) is 0 Å². The molecule has 152 valence electrons. The molecule has 1 fully saturated rings. The molecule has 0 aliphatic carbocycles. The van der Waals surface area contributed by atoms with E-state index in [9.17, 15) is 19.2 Å². The number of likely N-dealkylation sites (N-methyl/N-ethyl adjacent to an activating group) is 1. The highest BCUT2D eigenvalue weighted by atomic mass is 16.5. The lowest BCUT2D eigenvalue weighted by Crippen LogP contribution is -2.44. The molecule has 1 aromatic carbocycles. The fourth-order valence-corrected chi connectivity index (χ4v) is 2.93. The minimum Gasteiger partial charge on any atom is -0.493 e. The Bertz CT molecular complexity index is 792. The number of nitrogens with zero attached hydrogens (tertiary/aromatic N) is 3. The molecule has 1 aliphatic rings. The molecule has 5 amide bonds. The van der Waals surface area contributed by atoms with Crippen LogP contribution in [0.2, 0.25) is 0 Å². The van der Waals surface area contributed by atoms with Crippen molar-refractivity contribution in [3.63, 3.8) is 0 Å². The number of amides is 5. The SMILES string of the molecule is CCN(Cc1ccc(OC)c(OC)c1)C(=O)CN1C(=O)C(=O)N(C(C)C)C1=O. The smallest absolute Gasteiger partial charge is 0.334 e. The molecule has 0 aromatic heterocycles.